The number of sulfonamides is 1. The molecule has 2 aromatic rings. The van der Waals surface area contributed by atoms with E-state index in [2.05, 4.69) is 15.5 Å². The van der Waals surface area contributed by atoms with Crippen molar-refractivity contribution in [2.24, 2.45) is 5.16 Å². The third kappa shape index (κ3) is 4.22. The van der Waals surface area contributed by atoms with Crippen molar-refractivity contribution in [1.29, 1.82) is 0 Å². The van der Waals surface area contributed by atoms with Crippen molar-refractivity contribution in [2.75, 3.05) is 13.1 Å². The maximum absolute atomic E-state index is 13.1. The van der Waals surface area contributed by atoms with E-state index in [-0.39, 0.29) is 23.8 Å². The summed E-state index contributed by atoms with van der Waals surface area (Å²) < 4.78 is 27.6. The fourth-order valence-electron chi connectivity index (χ4n) is 3.77. The summed E-state index contributed by atoms with van der Waals surface area (Å²) in [5.41, 5.74) is 1.43. The van der Waals surface area contributed by atoms with Crippen molar-refractivity contribution in [3.8, 4) is 0 Å². The van der Waals surface area contributed by atoms with E-state index in [4.69, 9.17) is 4.84 Å². The predicted octanol–water partition coefficient (Wildman–Crippen LogP) is 2.01. The largest absolute Gasteiger partial charge is 0.387 e. The summed E-state index contributed by atoms with van der Waals surface area (Å²) in [4.78, 5) is 22.4. The van der Waals surface area contributed by atoms with Crippen LogP contribution in [0, 0.1) is 6.92 Å². The molecule has 30 heavy (non-hydrogen) atoms. The zero-order valence-electron chi connectivity index (χ0n) is 16.7. The fourth-order valence-corrected chi connectivity index (χ4v) is 5.32. The van der Waals surface area contributed by atoms with Crippen LogP contribution in [0.5, 0.6) is 0 Å². The van der Waals surface area contributed by atoms with Gasteiger partial charge in [-0.05, 0) is 49.6 Å². The lowest BCUT2D eigenvalue weighted by Gasteiger charge is -2.37. The maximum atomic E-state index is 13.1. The number of oxime groups is 1. The summed E-state index contributed by atoms with van der Waals surface area (Å²) in [7, 11) is -3.63. The SMILES string of the molecule is Cc1ccc(S(=O)(=O)N2CCCC3(CC(C(=O)NCc4ccncc4)=NO3)C2)cc1. The molecule has 1 N–H and O–H groups in total. The molecule has 0 bridgehead atoms. The van der Waals surface area contributed by atoms with Crippen LogP contribution in [0.15, 0.2) is 58.8 Å². The molecular weight excluding hydrogens is 404 g/mol. The summed E-state index contributed by atoms with van der Waals surface area (Å²) in [5.74, 6) is -0.304. The Morgan fingerprint density at radius 3 is 2.67 bits per heavy atom. The normalized spacial score (nSPS) is 21.8. The zero-order chi connectivity index (χ0) is 21.2. The van der Waals surface area contributed by atoms with E-state index in [1.165, 1.54) is 4.31 Å². The molecule has 1 atom stereocenters. The van der Waals surface area contributed by atoms with Gasteiger partial charge in [0.15, 0.2) is 5.60 Å². The van der Waals surface area contributed by atoms with Gasteiger partial charge in [-0.25, -0.2) is 8.42 Å². The van der Waals surface area contributed by atoms with Crippen molar-refractivity contribution < 1.29 is 18.0 Å². The van der Waals surface area contributed by atoms with Crippen molar-refractivity contribution in [3.05, 3.63) is 59.9 Å². The van der Waals surface area contributed by atoms with Crippen LogP contribution < -0.4 is 5.32 Å². The molecule has 1 amide bonds. The molecule has 1 aromatic carbocycles. The lowest BCUT2D eigenvalue weighted by atomic mass is 9.89. The summed E-state index contributed by atoms with van der Waals surface area (Å²) in [6, 6.07) is 10.5. The van der Waals surface area contributed by atoms with Gasteiger partial charge >= 0.3 is 0 Å². The highest BCUT2D eigenvalue weighted by Crippen LogP contribution is 2.35. The number of pyridine rings is 1. The standard InChI is InChI=1S/C21H24N4O4S/c1-16-3-5-18(6-4-16)30(27,28)25-12-2-9-21(15-25)13-19(24-29-21)20(26)23-14-17-7-10-22-11-8-17/h3-8,10-11H,2,9,12-15H2,1H3,(H,23,26). The van der Waals surface area contributed by atoms with Gasteiger partial charge in [0.2, 0.25) is 10.0 Å². The quantitative estimate of drug-likeness (QED) is 0.785. The Morgan fingerprint density at radius 1 is 1.20 bits per heavy atom. The van der Waals surface area contributed by atoms with E-state index in [0.29, 0.717) is 31.6 Å². The van der Waals surface area contributed by atoms with Gasteiger partial charge in [-0.3, -0.25) is 9.78 Å². The molecule has 9 heteroatoms. The second-order valence-electron chi connectivity index (χ2n) is 7.78. The number of nitrogens with one attached hydrogen (secondary N) is 1. The van der Waals surface area contributed by atoms with Crippen LogP contribution >= 0.6 is 0 Å². The average molecular weight is 429 g/mol. The number of amides is 1. The second kappa shape index (κ2) is 8.16. The number of hydrogen-bond donors (Lipinski definition) is 1. The monoisotopic (exact) mass is 428 g/mol. The molecule has 3 heterocycles. The van der Waals surface area contributed by atoms with Crippen molar-refractivity contribution in [1.82, 2.24) is 14.6 Å². The molecule has 1 aromatic heterocycles. The fraction of sp³-hybridized carbons (Fsp3) is 0.381. The van der Waals surface area contributed by atoms with Crippen LogP contribution in [0.1, 0.15) is 30.4 Å². The van der Waals surface area contributed by atoms with Crippen molar-refractivity contribution >= 4 is 21.6 Å². The Hall–Kier alpha value is -2.78. The smallest absolute Gasteiger partial charge is 0.269 e. The van der Waals surface area contributed by atoms with Crippen LogP contribution in [-0.4, -0.2) is 48.0 Å². The minimum atomic E-state index is -3.63. The van der Waals surface area contributed by atoms with E-state index in [9.17, 15) is 13.2 Å². The molecule has 0 saturated carbocycles. The van der Waals surface area contributed by atoms with Crippen LogP contribution in [0.3, 0.4) is 0 Å². The third-order valence-electron chi connectivity index (χ3n) is 5.47. The topological polar surface area (TPSA) is 101 Å². The molecule has 2 aliphatic heterocycles. The minimum absolute atomic E-state index is 0.174. The molecule has 4 rings (SSSR count). The number of piperidine rings is 1. The highest BCUT2D eigenvalue weighted by atomic mass is 32.2. The second-order valence-corrected chi connectivity index (χ2v) is 9.72. The predicted molar refractivity (Wildman–Crippen MR) is 111 cm³/mol. The van der Waals surface area contributed by atoms with Crippen molar-refractivity contribution in [3.63, 3.8) is 0 Å². The zero-order valence-corrected chi connectivity index (χ0v) is 17.6. The van der Waals surface area contributed by atoms with Gasteiger partial charge in [0.1, 0.15) is 5.71 Å². The maximum Gasteiger partial charge on any atom is 0.269 e. The molecule has 0 radical (unpaired) electrons. The molecule has 0 aliphatic carbocycles. The molecule has 1 fully saturated rings. The van der Waals surface area contributed by atoms with Gasteiger partial charge < -0.3 is 10.2 Å². The third-order valence-corrected chi connectivity index (χ3v) is 7.33. The number of rotatable bonds is 5. The first-order valence-corrected chi connectivity index (χ1v) is 11.3. The number of nitrogens with zero attached hydrogens (tertiary/aromatic N) is 3. The molecule has 1 unspecified atom stereocenters. The van der Waals surface area contributed by atoms with E-state index in [0.717, 1.165) is 11.1 Å². The lowest BCUT2D eigenvalue weighted by Crippen LogP contribution is -2.50. The highest BCUT2D eigenvalue weighted by Gasteiger charge is 2.47. The Bertz CT molecular complexity index is 1050. The molecule has 8 nitrogen and oxygen atoms in total. The van der Waals surface area contributed by atoms with E-state index in [1.807, 2.05) is 19.1 Å². The lowest BCUT2D eigenvalue weighted by molar-refractivity contribution is -0.115. The van der Waals surface area contributed by atoms with E-state index in [1.54, 1.807) is 36.7 Å². The van der Waals surface area contributed by atoms with Crippen LogP contribution in [0.4, 0.5) is 0 Å². The highest BCUT2D eigenvalue weighted by molar-refractivity contribution is 7.89. The molecule has 2 aliphatic rings. The number of carbonyl (C=O) groups is 1. The summed E-state index contributed by atoms with van der Waals surface area (Å²) >= 11 is 0. The summed E-state index contributed by atoms with van der Waals surface area (Å²) in [6.07, 6.45) is 4.91. The van der Waals surface area contributed by atoms with Crippen LogP contribution in [0.25, 0.3) is 0 Å². The van der Waals surface area contributed by atoms with Gasteiger partial charge in [-0.15, -0.1) is 0 Å². The summed E-state index contributed by atoms with van der Waals surface area (Å²) in [6.45, 7) is 2.87. The number of benzene rings is 1. The minimum Gasteiger partial charge on any atom is -0.387 e. The molecular formula is C21H24N4O4S. The van der Waals surface area contributed by atoms with Crippen LogP contribution in [-0.2, 0) is 26.2 Å². The van der Waals surface area contributed by atoms with Gasteiger partial charge in [-0.1, -0.05) is 22.9 Å². The van der Waals surface area contributed by atoms with Gasteiger partial charge in [0, 0.05) is 31.9 Å². The number of aryl methyl sites for hydroxylation is 1. The van der Waals surface area contributed by atoms with Gasteiger partial charge in [0.25, 0.3) is 5.91 Å². The van der Waals surface area contributed by atoms with E-state index < -0.39 is 15.6 Å². The average Bonchev–Trinajstić information content (AvgIpc) is 3.16. The van der Waals surface area contributed by atoms with Gasteiger partial charge in [0.05, 0.1) is 11.4 Å². The Morgan fingerprint density at radius 2 is 1.93 bits per heavy atom. The number of carbonyl (C=O) groups excluding carboxylic acids is 1. The first-order valence-electron chi connectivity index (χ1n) is 9.87. The molecule has 1 spiro atoms. The summed E-state index contributed by atoms with van der Waals surface area (Å²) in [5, 5.41) is 6.82. The Labute approximate surface area is 176 Å². The molecule has 1 saturated heterocycles. The van der Waals surface area contributed by atoms with Gasteiger partial charge in [-0.2, -0.15) is 4.31 Å². The Kier molecular flexibility index (Phi) is 5.57. The van der Waals surface area contributed by atoms with E-state index >= 15 is 0 Å². The van der Waals surface area contributed by atoms with Crippen molar-refractivity contribution in [2.45, 2.75) is 43.2 Å². The number of hydrogen-bond acceptors (Lipinski definition) is 6. The first-order chi connectivity index (χ1) is 14.4. The molecule has 158 valence electrons. The first kappa shape index (κ1) is 20.5. The number of aromatic nitrogens is 1. The Balaban J connectivity index is 1.41. The van der Waals surface area contributed by atoms with Crippen LogP contribution in [0.2, 0.25) is 0 Å².